The van der Waals surface area contributed by atoms with Gasteiger partial charge in [-0.15, -0.1) is 0 Å². The molecule has 0 bridgehead atoms. The van der Waals surface area contributed by atoms with Crippen molar-refractivity contribution in [3.63, 3.8) is 0 Å². The lowest BCUT2D eigenvalue weighted by Gasteiger charge is -2.12. The third-order valence-electron chi connectivity index (χ3n) is 3.34. The van der Waals surface area contributed by atoms with Crippen LogP contribution in [0.4, 0.5) is 11.5 Å². The standard InChI is InChI=1S/C18H24N4O2/c1-4-6-11-19-17-12-15(20-13(3)21-17)18(23)22-14-9-7-8-10-16(14)24-5-2/h7-10,12H,4-6,11H2,1-3H3,(H,22,23)(H,19,20,21). The molecule has 0 spiro atoms. The second-order valence-corrected chi connectivity index (χ2v) is 5.35. The van der Waals surface area contributed by atoms with Gasteiger partial charge >= 0.3 is 0 Å². The molecule has 1 heterocycles. The van der Waals surface area contributed by atoms with E-state index < -0.39 is 0 Å². The lowest BCUT2D eigenvalue weighted by atomic mass is 10.2. The summed E-state index contributed by atoms with van der Waals surface area (Å²) in [5.74, 6) is 1.57. The average molecular weight is 328 g/mol. The summed E-state index contributed by atoms with van der Waals surface area (Å²) in [4.78, 5) is 21.1. The van der Waals surface area contributed by atoms with Crippen molar-refractivity contribution in [3.8, 4) is 5.75 Å². The smallest absolute Gasteiger partial charge is 0.274 e. The molecule has 6 nitrogen and oxygen atoms in total. The van der Waals surface area contributed by atoms with Crippen LogP contribution in [-0.4, -0.2) is 29.0 Å². The van der Waals surface area contributed by atoms with E-state index in [-0.39, 0.29) is 5.91 Å². The Balaban J connectivity index is 2.15. The van der Waals surface area contributed by atoms with Crippen molar-refractivity contribution >= 4 is 17.4 Å². The van der Waals surface area contributed by atoms with E-state index in [0.29, 0.717) is 35.4 Å². The van der Waals surface area contributed by atoms with Gasteiger partial charge in [0.25, 0.3) is 5.91 Å². The number of para-hydroxylation sites is 2. The minimum absolute atomic E-state index is 0.286. The van der Waals surface area contributed by atoms with E-state index in [1.165, 1.54) is 0 Å². The first-order valence-electron chi connectivity index (χ1n) is 8.26. The number of nitrogens with zero attached hydrogens (tertiary/aromatic N) is 2. The van der Waals surface area contributed by atoms with Gasteiger partial charge in [0.05, 0.1) is 12.3 Å². The Morgan fingerprint density at radius 2 is 2.00 bits per heavy atom. The molecule has 128 valence electrons. The fourth-order valence-corrected chi connectivity index (χ4v) is 2.21. The minimum atomic E-state index is -0.286. The molecule has 0 atom stereocenters. The van der Waals surface area contributed by atoms with Gasteiger partial charge in [0.15, 0.2) is 0 Å². The second kappa shape index (κ2) is 8.86. The Morgan fingerprint density at radius 1 is 1.21 bits per heavy atom. The third-order valence-corrected chi connectivity index (χ3v) is 3.34. The maximum atomic E-state index is 12.5. The van der Waals surface area contributed by atoms with E-state index in [1.54, 1.807) is 19.1 Å². The van der Waals surface area contributed by atoms with Gasteiger partial charge in [-0.2, -0.15) is 0 Å². The molecule has 0 aliphatic heterocycles. The van der Waals surface area contributed by atoms with Gasteiger partial charge < -0.3 is 15.4 Å². The molecule has 1 aromatic carbocycles. The Hall–Kier alpha value is -2.63. The Labute approximate surface area is 142 Å². The zero-order valence-corrected chi connectivity index (χ0v) is 14.4. The van der Waals surface area contributed by atoms with Crippen LogP contribution in [0, 0.1) is 6.92 Å². The molecule has 0 fully saturated rings. The number of unbranched alkanes of at least 4 members (excludes halogenated alkanes) is 1. The first kappa shape index (κ1) is 17.7. The summed E-state index contributed by atoms with van der Waals surface area (Å²) in [5, 5.41) is 6.07. The average Bonchev–Trinajstić information content (AvgIpc) is 2.56. The Kier molecular flexibility index (Phi) is 6.54. The number of hydrogen-bond acceptors (Lipinski definition) is 5. The molecule has 0 radical (unpaired) electrons. The number of rotatable bonds is 8. The lowest BCUT2D eigenvalue weighted by molar-refractivity contribution is 0.102. The van der Waals surface area contributed by atoms with E-state index in [1.807, 2.05) is 25.1 Å². The van der Waals surface area contributed by atoms with Crippen molar-refractivity contribution in [3.05, 3.63) is 41.9 Å². The van der Waals surface area contributed by atoms with Crippen LogP contribution >= 0.6 is 0 Å². The molecule has 1 aromatic heterocycles. The molecule has 24 heavy (non-hydrogen) atoms. The quantitative estimate of drug-likeness (QED) is 0.723. The molecule has 6 heteroatoms. The van der Waals surface area contributed by atoms with Crippen LogP contribution in [0.3, 0.4) is 0 Å². The van der Waals surface area contributed by atoms with Crippen molar-refractivity contribution in [2.75, 3.05) is 23.8 Å². The van der Waals surface area contributed by atoms with Crippen LogP contribution in [0.1, 0.15) is 43.0 Å². The van der Waals surface area contributed by atoms with Crippen molar-refractivity contribution in [1.82, 2.24) is 9.97 Å². The number of carbonyl (C=O) groups is 1. The van der Waals surface area contributed by atoms with Crippen LogP contribution in [0.25, 0.3) is 0 Å². The Morgan fingerprint density at radius 3 is 2.75 bits per heavy atom. The van der Waals surface area contributed by atoms with E-state index in [9.17, 15) is 4.79 Å². The molecule has 2 aromatic rings. The summed E-state index contributed by atoms with van der Waals surface area (Å²) < 4.78 is 5.53. The van der Waals surface area contributed by atoms with Gasteiger partial charge in [-0.25, -0.2) is 9.97 Å². The molecule has 0 aliphatic carbocycles. The predicted octanol–water partition coefficient (Wildman–Crippen LogP) is 3.65. The third kappa shape index (κ3) is 4.94. The molecule has 2 rings (SSSR count). The van der Waals surface area contributed by atoms with Crippen molar-refractivity contribution in [1.29, 1.82) is 0 Å². The zero-order valence-electron chi connectivity index (χ0n) is 14.4. The Bertz CT molecular complexity index is 688. The van der Waals surface area contributed by atoms with Crippen LogP contribution in [-0.2, 0) is 0 Å². The highest BCUT2D eigenvalue weighted by atomic mass is 16.5. The predicted molar refractivity (Wildman–Crippen MR) is 95.7 cm³/mol. The van der Waals surface area contributed by atoms with Crippen molar-refractivity contribution < 1.29 is 9.53 Å². The van der Waals surface area contributed by atoms with Crippen molar-refractivity contribution in [2.24, 2.45) is 0 Å². The minimum Gasteiger partial charge on any atom is -0.492 e. The van der Waals surface area contributed by atoms with Crippen LogP contribution < -0.4 is 15.4 Å². The highest BCUT2D eigenvalue weighted by molar-refractivity contribution is 6.04. The molecular weight excluding hydrogens is 304 g/mol. The van der Waals surface area contributed by atoms with E-state index in [4.69, 9.17) is 4.74 Å². The first-order chi connectivity index (χ1) is 11.6. The number of ether oxygens (including phenoxy) is 1. The van der Waals surface area contributed by atoms with Gasteiger partial charge in [0.1, 0.15) is 23.1 Å². The highest BCUT2D eigenvalue weighted by Crippen LogP contribution is 2.24. The van der Waals surface area contributed by atoms with Crippen LogP contribution in [0.2, 0.25) is 0 Å². The van der Waals surface area contributed by atoms with Gasteiger partial charge in [-0.3, -0.25) is 4.79 Å². The number of amides is 1. The first-order valence-corrected chi connectivity index (χ1v) is 8.26. The lowest BCUT2D eigenvalue weighted by Crippen LogP contribution is -2.16. The monoisotopic (exact) mass is 328 g/mol. The maximum Gasteiger partial charge on any atom is 0.274 e. The second-order valence-electron chi connectivity index (χ2n) is 5.35. The summed E-state index contributed by atoms with van der Waals surface area (Å²) in [6.07, 6.45) is 2.14. The number of anilines is 2. The van der Waals surface area contributed by atoms with Crippen LogP contribution in [0.15, 0.2) is 30.3 Å². The maximum absolute atomic E-state index is 12.5. The van der Waals surface area contributed by atoms with Gasteiger partial charge in [0.2, 0.25) is 0 Å². The summed E-state index contributed by atoms with van der Waals surface area (Å²) >= 11 is 0. The highest BCUT2D eigenvalue weighted by Gasteiger charge is 2.13. The van der Waals surface area contributed by atoms with Gasteiger partial charge in [0, 0.05) is 12.6 Å². The zero-order chi connectivity index (χ0) is 17.4. The molecule has 2 N–H and O–H groups in total. The number of aryl methyl sites for hydroxylation is 1. The van der Waals surface area contributed by atoms with E-state index in [0.717, 1.165) is 19.4 Å². The number of benzene rings is 1. The normalized spacial score (nSPS) is 10.3. The molecule has 1 amide bonds. The summed E-state index contributed by atoms with van der Waals surface area (Å²) in [7, 11) is 0. The number of hydrogen-bond donors (Lipinski definition) is 2. The fraction of sp³-hybridized carbons (Fsp3) is 0.389. The SMILES string of the molecule is CCCCNc1cc(C(=O)Nc2ccccc2OCC)nc(C)n1. The molecular formula is C18H24N4O2. The van der Waals surface area contributed by atoms with E-state index in [2.05, 4.69) is 27.5 Å². The summed E-state index contributed by atoms with van der Waals surface area (Å²) in [5.41, 5.74) is 0.953. The topological polar surface area (TPSA) is 76.1 Å². The number of nitrogens with one attached hydrogen (secondary N) is 2. The largest absolute Gasteiger partial charge is 0.492 e. The summed E-state index contributed by atoms with van der Waals surface area (Å²) in [6, 6.07) is 9.01. The number of carbonyl (C=O) groups excluding carboxylic acids is 1. The molecule has 0 saturated carbocycles. The fourth-order valence-electron chi connectivity index (χ4n) is 2.21. The van der Waals surface area contributed by atoms with Gasteiger partial charge in [-0.1, -0.05) is 25.5 Å². The number of aromatic nitrogens is 2. The molecule has 0 saturated heterocycles. The van der Waals surface area contributed by atoms with Gasteiger partial charge in [-0.05, 0) is 32.4 Å². The van der Waals surface area contributed by atoms with E-state index >= 15 is 0 Å². The molecule has 0 unspecified atom stereocenters. The molecule has 0 aliphatic rings. The summed E-state index contributed by atoms with van der Waals surface area (Å²) in [6.45, 7) is 7.16. The van der Waals surface area contributed by atoms with Crippen molar-refractivity contribution in [2.45, 2.75) is 33.6 Å². The van der Waals surface area contributed by atoms with Crippen LogP contribution in [0.5, 0.6) is 5.75 Å².